The molecule has 1 unspecified atom stereocenters. The molecule has 0 fully saturated rings. The standard InChI is InChI=1S/C19H24F3N3O3.HI/c1-2-23-18(24-10-9-16-4-3-11-27-16)25-12-15(26)13-28-17-7-5-14(6-8-17)19(20,21)22;/h3-8,11,15,26H,2,9-10,12-13H2,1H3,(H2,23,24,25);1H. The van der Waals surface area contributed by atoms with Crippen molar-refractivity contribution in [1.29, 1.82) is 0 Å². The summed E-state index contributed by atoms with van der Waals surface area (Å²) in [5.41, 5.74) is -0.749. The summed E-state index contributed by atoms with van der Waals surface area (Å²) < 4.78 is 48.2. The molecule has 2 rings (SSSR count). The Bertz CT molecular complexity index is 723. The second kappa shape index (κ2) is 12.6. The zero-order chi connectivity index (χ0) is 20.4. The third kappa shape index (κ3) is 9.39. The molecular weight excluding hydrogens is 502 g/mol. The highest BCUT2D eigenvalue weighted by Crippen LogP contribution is 2.30. The number of aliphatic hydroxyl groups is 1. The number of benzene rings is 1. The van der Waals surface area contributed by atoms with Gasteiger partial charge in [0.1, 0.15) is 24.2 Å². The monoisotopic (exact) mass is 527 g/mol. The summed E-state index contributed by atoms with van der Waals surface area (Å²) in [7, 11) is 0. The van der Waals surface area contributed by atoms with Gasteiger partial charge in [0.2, 0.25) is 0 Å². The average molecular weight is 527 g/mol. The molecule has 0 aliphatic heterocycles. The first-order valence-electron chi connectivity index (χ1n) is 8.91. The van der Waals surface area contributed by atoms with E-state index in [1.165, 1.54) is 12.1 Å². The van der Waals surface area contributed by atoms with Gasteiger partial charge in [0.25, 0.3) is 0 Å². The maximum absolute atomic E-state index is 12.5. The smallest absolute Gasteiger partial charge is 0.416 e. The van der Waals surface area contributed by atoms with E-state index < -0.39 is 17.8 Å². The van der Waals surface area contributed by atoms with Crippen molar-refractivity contribution in [2.75, 3.05) is 26.2 Å². The third-order valence-corrected chi connectivity index (χ3v) is 3.67. The molecule has 1 atom stereocenters. The highest BCUT2D eigenvalue weighted by atomic mass is 127. The van der Waals surface area contributed by atoms with Crippen LogP contribution in [0.1, 0.15) is 18.2 Å². The van der Waals surface area contributed by atoms with E-state index in [9.17, 15) is 18.3 Å². The molecule has 10 heteroatoms. The topological polar surface area (TPSA) is 79.0 Å². The summed E-state index contributed by atoms with van der Waals surface area (Å²) in [6.07, 6.45) is -2.99. The van der Waals surface area contributed by atoms with E-state index in [1.807, 2.05) is 19.1 Å². The minimum atomic E-state index is -4.39. The van der Waals surface area contributed by atoms with Gasteiger partial charge in [-0.3, -0.25) is 4.99 Å². The van der Waals surface area contributed by atoms with Gasteiger partial charge < -0.3 is 24.9 Å². The second-order valence-corrected chi connectivity index (χ2v) is 5.96. The van der Waals surface area contributed by atoms with Crippen LogP contribution in [0.25, 0.3) is 0 Å². The lowest BCUT2D eigenvalue weighted by Gasteiger charge is -2.14. The number of hydrogen-bond donors (Lipinski definition) is 3. The van der Waals surface area contributed by atoms with Crippen LogP contribution >= 0.6 is 24.0 Å². The Morgan fingerprint density at radius 1 is 1.21 bits per heavy atom. The number of rotatable bonds is 9. The van der Waals surface area contributed by atoms with E-state index in [-0.39, 0.29) is 42.9 Å². The SMILES string of the molecule is CCNC(=NCC(O)COc1ccc(C(F)(F)F)cc1)NCCc1ccco1.I. The van der Waals surface area contributed by atoms with Crippen molar-refractivity contribution in [3.05, 3.63) is 54.0 Å². The highest BCUT2D eigenvalue weighted by Gasteiger charge is 2.30. The highest BCUT2D eigenvalue weighted by molar-refractivity contribution is 14.0. The lowest BCUT2D eigenvalue weighted by atomic mass is 10.2. The van der Waals surface area contributed by atoms with Crippen LogP contribution in [0.2, 0.25) is 0 Å². The van der Waals surface area contributed by atoms with Crippen molar-refractivity contribution in [3.63, 3.8) is 0 Å². The fourth-order valence-corrected chi connectivity index (χ4v) is 2.28. The van der Waals surface area contributed by atoms with Crippen molar-refractivity contribution in [2.45, 2.75) is 25.6 Å². The lowest BCUT2D eigenvalue weighted by Crippen LogP contribution is -2.39. The molecule has 2 aromatic rings. The number of alkyl halides is 3. The van der Waals surface area contributed by atoms with E-state index in [4.69, 9.17) is 9.15 Å². The summed E-state index contributed by atoms with van der Waals surface area (Å²) in [5.74, 6) is 1.65. The predicted molar refractivity (Wildman–Crippen MR) is 115 cm³/mol. The van der Waals surface area contributed by atoms with Gasteiger partial charge in [-0.25, -0.2) is 0 Å². The summed E-state index contributed by atoms with van der Waals surface area (Å²) in [6.45, 7) is 3.19. The molecular formula is C19H25F3IN3O3. The average Bonchev–Trinajstić information content (AvgIpc) is 3.17. The van der Waals surface area contributed by atoms with Gasteiger partial charge in [0.15, 0.2) is 5.96 Å². The molecule has 0 saturated heterocycles. The van der Waals surface area contributed by atoms with E-state index in [2.05, 4.69) is 15.6 Å². The van der Waals surface area contributed by atoms with E-state index >= 15 is 0 Å². The molecule has 0 spiro atoms. The number of nitrogens with zero attached hydrogens (tertiary/aromatic N) is 1. The molecule has 3 N–H and O–H groups in total. The number of aliphatic hydroxyl groups excluding tert-OH is 1. The minimum absolute atomic E-state index is 0. The maximum Gasteiger partial charge on any atom is 0.416 e. The van der Waals surface area contributed by atoms with Crippen molar-refractivity contribution in [2.24, 2.45) is 4.99 Å². The Morgan fingerprint density at radius 2 is 1.93 bits per heavy atom. The Labute approximate surface area is 184 Å². The number of hydrogen-bond acceptors (Lipinski definition) is 4. The summed E-state index contributed by atoms with van der Waals surface area (Å²) in [6, 6.07) is 8.02. The number of ether oxygens (including phenoxy) is 1. The van der Waals surface area contributed by atoms with Gasteiger partial charge in [-0.2, -0.15) is 13.2 Å². The number of guanidine groups is 1. The predicted octanol–water partition coefficient (Wildman–Crippen LogP) is 3.45. The summed E-state index contributed by atoms with van der Waals surface area (Å²) in [4.78, 5) is 4.28. The number of halogens is 4. The zero-order valence-corrected chi connectivity index (χ0v) is 18.2. The summed E-state index contributed by atoms with van der Waals surface area (Å²) in [5, 5.41) is 16.2. The molecule has 0 saturated carbocycles. The third-order valence-electron chi connectivity index (χ3n) is 3.67. The molecule has 6 nitrogen and oxygen atoms in total. The first kappa shape index (κ1) is 25.1. The molecule has 0 amide bonds. The van der Waals surface area contributed by atoms with Crippen LogP contribution < -0.4 is 15.4 Å². The fourth-order valence-electron chi connectivity index (χ4n) is 2.28. The maximum atomic E-state index is 12.5. The minimum Gasteiger partial charge on any atom is -0.491 e. The largest absolute Gasteiger partial charge is 0.491 e. The van der Waals surface area contributed by atoms with E-state index in [0.717, 1.165) is 17.9 Å². The van der Waals surface area contributed by atoms with Gasteiger partial charge in [0.05, 0.1) is 18.4 Å². The van der Waals surface area contributed by atoms with Crippen LogP contribution in [-0.4, -0.2) is 43.4 Å². The van der Waals surface area contributed by atoms with Crippen molar-refractivity contribution >= 4 is 29.9 Å². The van der Waals surface area contributed by atoms with Crippen LogP contribution in [0.15, 0.2) is 52.1 Å². The molecule has 0 radical (unpaired) electrons. The first-order valence-corrected chi connectivity index (χ1v) is 8.91. The van der Waals surface area contributed by atoms with Gasteiger partial charge in [-0.1, -0.05) is 0 Å². The molecule has 1 aromatic carbocycles. The van der Waals surface area contributed by atoms with Crippen molar-refractivity contribution < 1.29 is 27.4 Å². The molecule has 0 bridgehead atoms. The van der Waals surface area contributed by atoms with E-state index in [1.54, 1.807) is 6.26 Å². The van der Waals surface area contributed by atoms with Crippen molar-refractivity contribution in [3.8, 4) is 5.75 Å². The molecule has 0 aliphatic rings. The van der Waals surface area contributed by atoms with E-state index in [0.29, 0.717) is 25.5 Å². The fraction of sp³-hybridized carbons (Fsp3) is 0.421. The lowest BCUT2D eigenvalue weighted by molar-refractivity contribution is -0.137. The van der Waals surface area contributed by atoms with Crippen LogP contribution in [-0.2, 0) is 12.6 Å². The molecule has 0 aliphatic carbocycles. The second-order valence-electron chi connectivity index (χ2n) is 5.96. The van der Waals surface area contributed by atoms with Gasteiger partial charge in [-0.15, -0.1) is 24.0 Å². The molecule has 1 heterocycles. The Kier molecular flexibility index (Phi) is 10.9. The first-order chi connectivity index (χ1) is 13.4. The molecule has 29 heavy (non-hydrogen) atoms. The number of aliphatic imine (C=N–C) groups is 1. The normalized spacial score (nSPS) is 12.8. The van der Waals surface area contributed by atoms with Crippen molar-refractivity contribution in [1.82, 2.24) is 10.6 Å². The molecule has 162 valence electrons. The van der Waals surface area contributed by atoms with Crippen LogP contribution in [0.4, 0.5) is 13.2 Å². The Balaban J connectivity index is 0.00000420. The number of nitrogens with one attached hydrogen (secondary N) is 2. The van der Waals surface area contributed by atoms with Gasteiger partial charge >= 0.3 is 6.18 Å². The Hall–Kier alpha value is -1.95. The van der Waals surface area contributed by atoms with Crippen LogP contribution in [0.3, 0.4) is 0 Å². The zero-order valence-electron chi connectivity index (χ0n) is 15.9. The molecule has 1 aromatic heterocycles. The van der Waals surface area contributed by atoms with Crippen LogP contribution in [0.5, 0.6) is 5.75 Å². The van der Waals surface area contributed by atoms with Crippen LogP contribution in [0, 0.1) is 0 Å². The van der Waals surface area contributed by atoms with Gasteiger partial charge in [0, 0.05) is 19.5 Å². The Morgan fingerprint density at radius 3 is 2.52 bits per heavy atom. The number of furan rings is 1. The summed E-state index contributed by atoms with van der Waals surface area (Å²) >= 11 is 0. The van der Waals surface area contributed by atoms with Gasteiger partial charge in [-0.05, 0) is 43.3 Å². The quantitative estimate of drug-likeness (QED) is 0.265.